The summed E-state index contributed by atoms with van der Waals surface area (Å²) >= 11 is 7.23. The third-order valence-corrected chi connectivity index (χ3v) is 6.01. The highest BCUT2D eigenvalue weighted by Crippen LogP contribution is 2.49. The standard InChI is InChI=1S/C20H21ClN2O5S/c1-4-27-19(25)14-13(11-6-8-12(21)9-7-11)15(20(26)28-5-2)18-23(16(14)22)17(24)10(3)29-18/h6-10,13H,4-5,22H2,1-3H3/t10-,13+/m1/s1. The normalized spacial score (nSPS) is 21.4. The molecule has 0 aliphatic carbocycles. The third-order valence-electron chi connectivity index (χ3n) is 4.58. The summed E-state index contributed by atoms with van der Waals surface area (Å²) in [4.78, 5) is 39.8. The van der Waals surface area contributed by atoms with E-state index in [0.29, 0.717) is 15.6 Å². The van der Waals surface area contributed by atoms with Crippen molar-refractivity contribution in [1.29, 1.82) is 0 Å². The zero-order chi connectivity index (χ0) is 21.3. The van der Waals surface area contributed by atoms with Crippen molar-refractivity contribution in [2.75, 3.05) is 13.2 Å². The van der Waals surface area contributed by atoms with E-state index in [1.807, 2.05) is 0 Å². The van der Waals surface area contributed by atoms with E-state index in [1.165, 1.54) is 16.7 Å². The van der Waals surface area contributed by atoms with E-state index in [0.717, 1.165) is 0 Å². The molecule has 0 bridgehead atoms. The van der Waals surface area contributed by atoms with Gasteiger partial charge in [0.1, 0.15) is 5.82 Å². The van der Waals surface area contributed by atoms with Gasteiger partial charge in [0.25, 0.3) is 0 Å². The second-order valence-electron chi connectivity index (χ2n) is 6.38. The topological polar surface area (TPSA) is 98.9 Å². The monoisotopic (exact) mass is 436 g/mol. The Kier molecular flexibility index (Phi) is 6.24. The van der Waals surface area contributed by atoms with Gasteiger partial charge < -0.3 is 15.2 Å². The molecule has 1 aromatic rings. The van der Waals surface area contributed by atoms with Crippen molar-refractivity contribution in [1.82, 2.24) is 4.90 Å². The Morgan fingerprint density at radius 1 is 1.10 bits per heavy atom. The van der Waals surface area contributed by atoms with Gasteiger partial charge in [0.15, 0.2) is 0 Å². The van der Waals surface area contributed by atoms with Crippen LogP contribution in [0.25, 0.3) is 0 Å². The van der Waals surface area contributed by atoms with Gasteiger partial charge in [-0.3, -0.25) is 9.69 Å². The number of nitrogens with zero attached hydrogens (tertiary/aromatic N) is 1. The predicted molar refractivity (Wildman–Crippen MR) is 110 cm³/mol. The number of amides is 1. The lowest BCUT2D eigenvalue weighted by Crippen LogP contribution is -2.40. The molecule has 2 atom stereocenters. The molecule has 1 fully saturated rings. The first-order chi connectivity index (χ1) is 13.8. The average Bonchev–Trinajstić information content (AvgIpc) is 2.97. The number of hydrogen-bond acceptors (Lipinski definition) is 7. The summed E-state index contributed by atoms with van der Waals surface area (Å²) in [7, 11) is 0. The summed E-state index contributed by atoms with van der Waals surface area (Å²) in [5, 5.41) is 0.428. The van der Waals surface area contributed by atoms with Crippen LogP contribution in [0.3, 0.4) is 0 Å². The molecular weight excluding hydrogens is 416 g/mol. The van der Waals surface area contributed by atoms with Gasteiger partial charge in [0.2, 0.25) is 5.91 Å². The van der Waals surface area contributed by atoms with E-state index in [4.69, 9.17) is 26.8 Å². The number of hydrogen-bond donors (Lipinski definition) is 1. The molecule has 1 aromatic carbocycles. The van der Waals surface area contributed by atoms with Crippen LogP contribution in [0.5, 0.6) is 0 Å². The Labute approximate surface area is 177 Å². The van der Waals surface area contributed by atoms with Gasteiger partial charge in [0.05, 0.1) is 40.6 Å². The van der Waals surface area contributed by atoms with Crippen LogP contribution in [0.4, 0.5) is 0 Å². The smallest absolute Gasteiger partial charge is 0.338 e. The van der Waals surface area contributed by atoms with Gasteiger partial charge in [-0.15, -0.1) is 0 Å². The molecule has 0 radical (unpaired) electrons. The summed E-state index contributed by atoms with van der Waals surface area (Å²) in [6, 6.07) is 6.73. The molecule has 0 spiro atoms. The molecular formula is C20H21ClN2O5S. The Morgan fingerprint density at radius 2 is 1.66 bits per heavy atom. The predicted octanol–water partition coefficient (Wildman–Crippen LogP) is 2.91. The van der Waals surface area contributed by atoms with E-state index >= 15 is 0 Å². The molecule has 1 saturated heterocycles. The van der Waals surface area contributed by atoms with Crippen LogP contribution in [-0.4, -0.2) is 41.2 Å². The van der Waals surface area contributed by atoms with Crippen LogP contribution < -0.4 is 5.73 Å². The molecule has 2 N–H and O–H groups in total. The summed E-state index contributed by atoms with van der Waals surface area (Å²) in [6.07, 6.45) is 0. The fourth-order valence-corrected chi connectivity index (χ4v) is 4.62. The minimum Gasteiger partial charge on any atom is -0.463 e. The van der Waals surface area contributed by atoms with Crippen molar-refractivity contribution < 1.29 is 23.9 Å². The lowest BCUT2D eigenvalue weighted by Gasteiger charge is -2.33. The average molecular weight is 437 g/mol. The lowest BCUT2D eigenvalue weighted by atomic mass is 9.82. The number of nitrogens with two attached hydrogens (primary N) is 1. The minimum atomic E-state index is -0.845. The van der Waals surface area contributed by atoms with Crippen LogP contribution >= 0.6 is 23.4 Å². The number of halogens is 1. The van der Waals surface area contributed by atoms with E-state index in [1.54, 1.807) is 45.0 Å². The molecule has 2 heterocycles. The molecule has 1 amide bonds. The minimum absolute atomic E-state index is 0.0315. The molecule has 2 aliphatic heterocycles. The van der Waals surface area contributed by atoms with Gasteiger partial charge in [-0.2, -0.15) is 0 Å². The maximum Gasteiger partial charge on any atom is 0.338 e. The molecule has 0 aromatic heterocycles. The Hall–Kier alpha value is -2.45. The van der Waals surface area contributed by atoms with E-state index in [2.05, 4.69) is 0 Å². The van der Waals surface area contributed by atoms with Gasteiger partial charge in [0, 0.05) is 5.02 Å². The zero-order valence-electron chi connectivity index (χ0n) is 16.2. The molecule has 7 nitrogen and oxygen atoms in total. The number of carbonyl (C=O) groups excluding carboxylic acids is 3. The molecule has 29 heavy (non-hydrogen) atoms. The summed E-state index contributed by atoms with van der Waals surface area (Å²) in [6.45, 7) is 5.34. The number of rotatable bonds is 5. The maximum absolute atomic E-state index is 13.0. The first-order valence-electron chi connectivity index (χ1n) is 9.15. The molecule has 0 saturated carbocycles. The van der Waals surface area contributed by atoms with Crippen LogP contribution in [0, 0.1) is 0 Å². The SMILES string of the molecule is CCOC(=O)C1=C(N)N2C(=O)[C@@H](C)SC2=C(C(=O)OCC)[C@H]1c1ccc(Cl)cc1. The second-order valence-corrected chi connectivity index (χ2v) is 8.14. The fraction of sp³-hybridized carbons (Fsp3) is 0.350. The lowest BCUT2D eigenvalue weighted by molar-refractivity contribution is -0.139. The van der Waals surface area contributed by atoms with Gasteiger partial charge in [-0.25, -0.2) is 9.59 Å². The van der Waals surface area contributed by atoms with Crippen molar-refractivity contribution in [3.05, 3.63) is 56.8 Å². The number of esters is 2. The van der Waals surface area contributed by atoms with Gasteiger partial charge in [-0.05, 0) is 38.5 Å². The largest absolute Gasteiger partial charge is 0.463 e. The molecule has 3 rings (SSSR count). The van der Waals surface area contributed by atoms with Crippen LogP contribution in [0.2, 0.25) is 5.02 Å². The van der Waals surface area contributed by atoms with Crippen LogP contribution in [0.15, 0.2) is 46.3 Å². The summed E-state index contributed by atoms with van der Waals surface area (Å²) in [5.41, 5.74) is 7.13. The van der Waals surface area contributed by atoms with Crippen molar-refractivity contribution in [2.45, 2.75) is 31.9 Å². The quantitative estimate of drug-likeness (QED) is 0.708. The molecule has 0 unspecified atom stereocenters. The first-order valence-corrected chi connectivity index (χ1v) is 10.4. The van der Waals surface area contributed by atoms with Crippen LogP contribution in [0.1, 0.15) is 32.3 Å². The highest BCUT2D eigenvalue weighted by molar-refractivity contribution is 8.04. The van der Waals surface area contributed by atoms with Crippen molar-refractivity contribution in [3.63, 3.8) is 0 Å². The number of ether oxygens (including phenoxy) is 2. The zero-order valence-corrected chi connectivity index (χ0v) is 17.8. The number of thioether (sulfide) groups is 1. The highest BCUT2D eigenvalue weighted by Gasteiger charge is 2.49. The Bertz CT molecular complexity index is 925. The summed E-state index contributed by atoms with van der Waals surface area (Å²) < 4.78 is 10.5. The highest BCUT2D eigenvalue weighted by atomic mass is 35.5. The maximum atomic E-state index is 13.0. The second kappa shape index (κ2) is 8.51. The number of benzene rings is 1. The van der Waals surface area contributed by atoms with Crippen LogP contribution in [-0.2, 0) is 23.9 Å². The molecule has 9 heteroatoms. The summed E-state index contributed by atoms with van der Waals surface area (Å²) in [5.74, 6) is -2.49. The molecule has 154 valence electrons. The van der Waals surface area contributed by atoms with E-state index in [-0.39, 0.29) is 36.1 Å². The van der Waals surface area contributed by atoms with E-state index in [9.17, 15) is 14.4 Å². The number of carbonyl (C=O) groups is 3. The number of fused-ring (bicyclic) bond motifs is 1. The van der Waals surface area contributed by atoms with Crippen molar-refractivity contribution in [2.24, 2.45) is 5.73 Å². The molecule has 2 aliphatic rings. The van der Waals surface area contributed by atoms with Gasteiger partial charge >= 0.3 is 11.9 Å². The Balaban J connectivity index is 2.28. The van der Waals surface area contributed by atoms with Gasteiger partial charge in [-0.1, -0.05) is 35.5 Å². The van der Waals surface area contributed by atoms with E-state index < -0.39 is 23.1 Å². The van der Waals surface area contributed by atoms with Crippen molar-refractivity contribution >= 4 is 41.2 Å². The Morgan fingerprint density at radius 3 is 2.21 bits per heavy atom. The first kappa shape index (κ1) is 21.3. The fourth-order valence-electron chi connectivity index (χ4n) is 3.33. The van der Waals surface area contributed by atoms with Crippen molar-refractivity contribution in [3.8, 4) is 0 Å². The third kappa shape index (κ3) is 3.74.